The third kappa shape index (κ3) is 2.69. The zero-order chi connectivity index (χ0) is 7.61. The number of nitriles is 1. The molecule has 11 heavy (non-hydrogen) atoms. The minimum atomic E-state index is -0.127. The number of rotatable bonds is 0. The topological polar surface area (TPSA) is 49.8 Å². The summed E-state index contributed by atoms with van der Waals surface area (Å²) >= 11 is 0. The zero-order valence-electron chi connectivity index (χ0n) is 6.84. The van der Waals surface area contributed by atoms with Crippen LogP contribution in [0.15, 0.2) is 0 Å². The van der Waals surface area contributed by atoms with Crippen LogP contribution in [0, 0.1) is 16.7 Å². The van der Waals surface area contributed by atoms with Gasteiger partial charge < -0.3 is 5.73 Å². The average molecular weight is 175 g/mol. The third-order valence-corrected chi connectivity index (χ3v) is 2.29. The summed E-state index contributed by atoms with van der Waals surface area (Å²) in [6.45, 7) is 2.01. The standard InChI is InChI=1S/C8H14N2.ClH/c1-8(6-9)4-2-3-7(10)5-8;/h7H,2-5,10H2,1H3;1H/t7-,8+;/m0./s1. The molecule has 0 amide bonds. The minimum absolute atomic E-state index is 0. The summed E-state index contributed by atoms with van der Waals surface area (Å²) in [5.74, 6) is 0. The second-order valence-electron chi connectivity index (χ2n) is 3.53. The highest BCUT2D eigenvalue weighted by Gasteiger charge is 2.30. The first-order valence-corrected chi connectivity index (χ1v) is 3.83. The zero-order valence-corrected chi connectivity index (χ0v) is 7.66. The van der Waals surface area contributed by atoms with Crippen LogP contribution in [0.25, 0.3) is 0 Å². The summed E-state index contributed by atoms with van der Waals surface area (Å²) in [6, 6.07) is 2.59. The molecular weight excluding hydrogens is 160 g/mol. The lowest BCUT2D eigenvalue weighted by Crippen LogP contribution is -2.33. The van der Waals surface area contributed by atoms with Crippen molar-refractivity contribution in [1.29, 1.82) is 5.26 Å². The summed E-state index contributed by atoms with van der Waals surface area (Å²) in [5, 5.41) is 8.76. The number of hydrogen-bond acceptors (Lipinski definition) is 2. The Morgan fingerprint density at radius 3 is 2.64 bits per heavy atom. The lowest BCUT2D eigenvalue weighted by Gasteiger charge is -2.30. The van der Waals surface area contributed by atoms with Crippen LogP contribution in [-0.4, -0.2) is 6.04 Å². The fourth-order valence-electron chi connectivity index (χ4n) is 1.64. The van der Waals surface area contributed by atoms with E-state index in [0.717, 1.165) is 25.7 Å². The van der Waals surface area contributed by atoms with Crippen molar-refractivity contribution < 1.29 is 0 Å². The Hall–Kier alpha value is -0.260. The van der Waals surface area contributed by atoms with Gasteiger partial charge in [-0.25, -0.2) is 0 Å². The monoisotopic (exact) mass is 174 g/mol. The van der Waals surface area contributed by atoms with Gasteiger partial charge in [-0.3, -0.25) is 0 Å². The first kappa shape index (κ1) is 10.7. The van der Waals surface area contributed by atoms with Crippen molar-refractivity contribution in [3.8, 4) is 6.07 Å². The summed E-state index contributed by atoms with van der Waals surface area (Å²) in [5.41, 5.74) is 5.61. The lowest BCUT2D eigenvalue weighted by atomic mass is 9.75. The molecule has 0 heterocycles. The summed E-state index contributed by atoms with van der Waals surface area (Å²) in [4.78, 5) is 0. The Bertz CT molecular complexity index is 164. The van der Waals surface area contributed by atoms with E-state index in [1.165, 1.54) is 0 Å². The molecule has 0 saturated heterocycles. The Balaban J connectivity index is 0.000001000. The minimum Gasteiger partial charge on any atom is -0.328 e. The molecule has 1 saturated carbocycles. The van der Waals surface area contributed by atoms with Gasteiger partial charge in [-0.05, 0) is 26.2 Å². The Labute approximate surface area is 74.2 Å². The molecule has 0 aromatic heterocycles. The average Bonchev–Trinajstić information content (AvgIpc) is 1.88. The summed E-state index contributed by atoms with van der Waals surface area (Å²) < 4.78 is 0. The van der Waals surface area contributed by atoms with Crippen LogP contribution in [0.4, 0.5) is 0 Å². The quantitative estimate of drug-likeness (QED) is 0.609. The third-order valence-electron chi connectivity index (χ3n) is 2.29. The molecule has 2 N–H and O–H groups in total. The van der Waals surface area contributed by atoms with Crippen LogP contribution in [0.1, 0.15) is 32.6 Å². The molecule has 64 valence electrons. The maximum Gasteiger partial charge on any atom is 0.0687 e. The van der Waals surface area contributed by atoms with E-state index in [1.807, 2.05) is 6.92 Å². The van der Waals surface area contributed by atoms with Crippen LogP contribution < -0.4 is 5.73 Å². The molecule has 0 radical (unpaired) electrons. The summed E-state index contributed by atoms with van der Waals surface area (Å²) in [6.07, 6.45) is 4.11. The van der Waals surface area contributed by atoms with Gasteiger partial charge in [-0.2, -0.15) is 5.26 Å². The molecule has 1 aliphatic carbocycles. The second kappa shape index (κ2) is 3.94. The van der Waals surface area contributed by atoms with Crippen molar-refractivity contribution in [2.24, 2.45) is 11.1 Å². The van der Waals surface area contributed by atoms with Gasteiger partial charge in [0.25, 0.3) is 0 Å². The van der Waals surface area contributed by atoms with Crippen LogP contribution in [0.5, 0.6) is 0 Å². The van der Waals surface area contributed by atoms with Crippen molar-refractivity contribution in [3.05, 3.63) is 0 Å². The molecule has 3 heteroatoms. The highest BCUT2D eigenvalue weighted by Crippen LogP contribution is 2.33. The number of nitrogens with two attached hydrogens (primary N) is 1. The van der Waals surface area contributed by atoms with E-state index < -0.39 is 0 Å². The number of halogens is 1. The first-order chi connectivity index (χ1) is 4.66. The highest BCUT2D eigenvalue weighted by atomic mass is 35.5. The van der Waals surface area contributed by atoms with Crippen LogP contribution >= 0.6 is 12.4 Å². The van der Waals surface area contributed by atoms with Crippen LogP contribution in [-0.2, 0) is 0 Å². The second-order valence-corrected chi connectivity index (χ2v) is 3.53. The van der Waals surface area contributed by atoms with Gasteiger partial charge in [0.15, 0.2) is 0 Å². The maximum atomic E-state index is 8.76. The fourth-order valence-corrected chi connectivity index (χ4v) is 1.64. The van der Waals surface area contributed by atoms with Gasteiger partial charge in [0.1, 0.15) is 0 Å². The molecular formula is C8H15ClN2. The Kier molecular flexibility index (Phi) is 3.85. The van der Waals surface area contributed by atoms with E-state index in [-0.39, 0.29) is 23.9 Å². The Morgan fingerprint density at radius 1 is 1.64 bits per heavy atom. The van der Waals surface area contributed by atoms with Crippen molar-refractivity contribution >= 4 is 12.4 Å². The van der Waals surface area contributed by atoms with Crippen molar-refractivity contribution in [1.82, 2.24) is 0 Å². The molecule has 2 atom stereocenters. The van der Waals surface area contributed by atoms with Crippen molar-refractivity contribution in [2.45, 2.75) is 38.6 Å². The molecule has 1 fully saturated rings. The van der Waals surface area contributed by atoms with Crippen LogP contribution in [0.3, 0.4) is 0 Å². The van der Waals surface area contributed by atoms with Gasteiger partial charge >= 0.3 is 0 Å². The molecule has 0 bridgehead atoms. The van der Waals surface area contributed by atoms with Crippen molar-refractivity contribution in [3.63, 3.8) is 0 Å². The highest BCUT2D eigenvalue weighted by molar-refractivity contribution is 5.85. The van der Waals surface area contributed by atoms with E-state index in [4.69, 9.17) is 11.0 Å². The molecule has 0 aromatic rings. The van der Waals surface area contributed by atoms with E-state index in [0.29, 0.717) is 0 Å². The first-order valence-electron chi connectivity index (χ1n) is 3.83. The van der Waals surface area contributed by atoms with Crippen LogP contribution in [0.2, 0.25) is 0 Å². The molecule has 0 unspecified atom stereocenters. The predicted octanol–water partition coefficient (Wildman–Crippen LogP) is 1.84. The predicted molar refractivity (Wildman–Crippen MR) is 47.4 cm³/mol. The van der Waals surface area contributed by atoms with E-state index in [1.54, 1.807) is 0 Å². The van der Waals surface area contributed by atoms with Gasteiger partial charge in [-0.15, -0.1) is 12.4 Å². The SMILES string of the molecule is C[C@@]1(C#N)CCC[C@H](N)C1.Cl. The lowest BCUT2D eigenvalue weighted by molar-refractivity contribution is 0.267. The van der Waals surface area contributed by atoms with Crippen molar-refractivity contribution in [2.75, 3.05) is 0 Å². The van der Waals surface area contributed by atoms with E-state index >= 15 is 0 Å². The molecule has 0 aliphatic heterocycles. The largest absolute Gasteiger partial charge is 0.328 e. The van der Waals surface area contributed by atoms with E-state index in [9.17, 15) is 0 Å². The number of nitrogens with zero attached hydrogens (tertiary/aromatic N) is 1. The van der Waals surface area contributed by atoms with E-state index in [2.05, 4.69) is 6.07 Å². The molecule has 0 aromatic carbocycles. The van der Waals surface area contributed by atoms with Gasteiger partial charge in [0, 0.05) is 6.04 Å². The summed E-state index contributed by atoms with van der Waals surface area (Å²) in [7, 11) is 0. The smallest absolute Gasteiger partial charge is 0.0687 e. The molecule has 1 aliphatic rings. The van der Waals surface area contributed by atoms with Gasteiger partial charge in [0.2, 0.25) is 0 Å². The maximum absolute atomic E-state index is 8.76. The normalized spacial score (nSPS) is 37.0. The van der Waals surface area contributed by atoms with Gasteiger partial charge in [0.05, 0.1) is 11.5 Å². The number of hydrogen-bond donors (Lipinski definition) is 1. The molecule has 0 spiro atoms. The van der Waals surface area contributed by atoms with Gasteiger partial charge in [-0.1, -0.05) is 6.42 Å². The molecule has 1 rings (SSSR count). The molecule has 2 nitrogen and oxygen atoms in total. The Morgan fingerprint density at radius 2 is 2.27 bits per heavy atom. The fraction of sp³-hybridized carbons (Fsp3) is 0.875.